The molecule has 9 aromatic rings. The molecule has 0 aliphatic rings. The summed E-state index contributed by atoms with van der Waals surface area (Å²) >= 11 is 0. The van der Waals surface area contributed by atoms with Crippen LogP contribution in [0.2, 0.25) is 0 Å². The maximum atomic E-state index is 2.45. The fourth-order valence-corrected chi connectivity index (χ4v) is 7.32. The highest BCUT2D eigenvalue weighted by molar-refractivity contribution is 6.03. The van der Waals surface area contributed by atoms with Gasteiger partial charge < -0.3 is 4.90 Å². The molecule has 0 heterocycles. The summed E-state index contributed by atoms with van der Waals surface area (Å²) in [6.45, 7) is 0. The van der Waals surface area contributed by atoms with Crippen molar-refractivity contribution < 1.29 is 0 Å². The van der Waals surface area contributed by atoms with Crippen LogP contribution in [-0.4, -0.2) is 0 Å². The number of nitrogens with zero attached hydrogens (tertiary/aromatic N) is 1. The number of hydrogen-bond donors (Lipinski definition) is 0. The van der Waals surface area contributed by atoms with Gasteiger partial charge in [-0.2, -0.15) is 0 Å². The average Bonchev–Trinajstić information content (AvgIpc) is 3.22. The molecule has 51 heavy (non-hydrogen) atoms. The van der Waals surface area contributed by atoms with Crippen molar-refractivity contribution >= 4 is 38.6 Å². The van der Waals surface area contributed by atoms with Crippen LogP contribution in [0.4, 0.5) is 17.1 Å². The van der Waals surface area contributed by atoms with Crippen molar-refractivity contribution in [3.05, 3.63) is 212 Å². The van der Waals surface area contributed by atoms with Crippen molar-refractivity contribution in [1.82, 2.24) is 0 Å². The lowest BCUT2D eigenvalue weighted by atomic mass is 9.93. The summed E-state index contributed by atoms with van der Waals surface area (Å²) in [5.74, 6) is 0. The van der Waals surface area contributed by atoms with E-state index in [-0.39, 0.29) is 0 Å². The van der Waals surface area contributed by atoms with E-state index < -0.39 is 0 Å². The van der Waals surface area contributed by atoms with Gasteiger partial charge in [0.1, 0.15) is 0 Å². The molecule has 0 aliphatic heterocycles. The van der Waals surface area contributed by atoms with Gasteiger partial charge in [-0.1, -0.05) is 188 Å². The van der Waals surface area contributed by atoms with E-state index in [0.717, 1.165) is 17.1 Å². The number of benzene rings is 9. The minimum absolute atomic E-state index is 1.10. The SMILES string of the molecule is c1ccc(-c2ccc(-c3ccc(N(c4cc(-c5cccc6ccccc56)ccc4-c4ccccc4)c4cccc5ccccc45)cc3)cc2)cc1. The van der Waals surface area contributed by atoms with Gasteiger partial charge in [0, 0.05) is 16.6 Å². The summed E-state index contributed by atoms with van der Waals surface area (Å²) < 4.78 is 0. The Morgan fingerprint density at radius 2 is 0.725 bits per heavy atom. The van der Waals surface area contributed by atoms with Crippen LogP contribution < -0.4 is 4.90 Å². The van der Waals surface area contributed by atoms with Crippen molar-refractivity contribution in [2.24, 2.45) is 0 Å². The van der Waals surface area contributed by atoms with E-state index in [1.165, 1.54) is 66.1 Å². The third-order valence-electron chi connectivity index (χ3n) is 9.88. The molecule has 1 heteroatoms. The second kappa shape index (κ2) is 13.3. The van der Waals surface area contributed by atoms with Gasteiger partial charge in [0.15, 0.2) is 0 Å². The van der Waals surface area contributed by atoms with Crippen LogP contribution in [0.1, 0.15) is 0 Å². The Kier molecular flexibility index (Phi) is 7.92. The Morgan fingerprint density at radius 3 is 1.39 bits per heavy atom. The molecule has 0 unspecified atom stereocenters. The molecular weight excluding hydrogens is 615 g/mol. The standard InChI is InChI=1S/C50H35N/c1-3-13-36(14-4-1)37-25-27-38(28-26-37)39-29-32-44(33-30-39)51(49-24-12-20-42-18-8-10-22-47(42)49)50-35-43(31-34-48(50)41-15-5-2-6-16-41)46-23-11-19-40-17-7-9-21-45(40)46/h1-35H. The van der Waals surface area contributed by atoms with Gasteiger partial charge in [0.25, 0.3) is 0 Å². The third kappa shape index (κ3) is 5.86. The molecular formula is C50H35N. The lowest BCUT2D eigenvalue weighted by Crippen LogP contribution is -2.12. The molecule has 0 atom stereocenters. The van der Waals surface area contributed by atoms with Crippen molar-refractivity contribution in [3.63, 3.8) is 0 Å². The van der Waals surface area contributed by atoms with Gasteiger partial charge in [0.05, 0.1) is 11.4 Å². The summed E-state index contributed by atoms with van der Waals surface area (Å²) in [4.78, 5) is 2.45. The topological polar surface area (TPSA) is 3.24 Å². The quantitative estimate of drug-likeness (QED) is 0.166. The maximum absolute atomic E-state index is 2.45. The first-order valence-electron chi connectivity index (χ1n) is 17.5. The Labute approximate surface area is 299 Å². The monoisotopic (exact) mass is 649 g/mol. The lowest BCUT2D eigenvalue weighted by molar-refractivity contribution is 1.30. The first-order valence-corrected chi connectivity index (χ1v) is 17.5. The van der Waals surface area contributed by atoms with Crippen molar-refractivity contribution in [1.29, 1.82) is 0 Å². The zero-order chi connectivity index (χ0) is 34.0. The van der Waals surface area contributed by atoms with Gasteiger partial charge in [-0.25, -0.2) is 0 Å². The molecule has 0 N–H and O–H groups in total. The second-order valence-corrected chi connectivity index (χ2v) is 12.9. The summed E-state index contributed by atoms with van der Waals surface area (Å²) in [6.07, 6.45) is 0. The van der Waals surface area contributed by atoms with Crippen molar-refractivity contribution in [2.75, 3.05) is 4.90 Å². The van der Waals surface area contributed by atoms with E-state index >= 15 is 0 Å². The molecule has 0 aliphatic carbocycles. The van der Waals surface area contributed by atoms with Crippen LogP contribution in [0.25, 0.3) is 66.1 Å². The van der Waals surface area contributed by atoms with Crippen LogP contribution in [-0.2, 0) is 0 Å². The average molecular weight is 650 g/mol. The zero-order valence-electron chi connectivity index (χ0n) is 28.2. The van der Waals surface area contributed by atoms with Gasteiger partial charge in [-0.3, -0.25) is 0 Å². The minimum atomic E-state index is 1.10. The van der Waals surface area contributed by atoms with Gasteiger partial charge in [-0.15, -0.1) is 0 Å². The third-order valence-corrected chi connectivity index (χ3v) is 9.88. The normalized spacial score (nSPS) is 11.1. The summed E-state index contributed by atoms with van der Waals surface area (Å²) in [5.41, 5.74) is 13.0. The zero-order valence-corrected chi connectivity index (χ0v) is 28.2. The molecule has 0 spiro atoms. The smallest absolute Gasteiger partial charge is 0.0546 e. The largest absolute Gasteiger partial charge is 0.309 e. The number of anilines is 3. The molecule has 0 saturated carbocycles. The van der Waals surface area contributed by atoms with Crippen LogP contribution >= 0.6 is 0 Å². The Balaban J connectivity index is 1.23. The van der Waals surface area contributed by atoms with Crippen LogP contribution in [0.3, 0.4) is 0 Å². The number of rotatable bonds is 7. The second-order valence-electron chi connectivity index (χ2n) is 12.9. The van der Waals surface area contributed by atoms with Gasteiger partial charge in [-0.05, 0) is 79.4 Å². The Morgan fingerprint density at radius 1 is 0.255 bits per heavy atom. The van der Waals surface area contributed by atoms with E-state index in [9.17, 15) is 0 Å². The van der Waals surface area contributed by atoms with Crippen molar-refractivity contribution in [2.45, 2.75) is 0 Å². The molecule has 9 aromatic carbocycles. The molecule has 0 aromatic heterocycles. The summed E-state index contributed by atoms with van der Waals surface area (Å²) in [6, 6.07) is 76.7. The van der Waals surface area contributed by atoms with Crippen LogP contribution in [0.15, 0.2) is 212 Å². The van der Waals surface area contributed by atoms with E-state index in [0.29, 0.717) is 0 Å². The van der Waals surface area contributed by atoms with Crippen LogP contribution in [0.5, 0.6) is 0 Å². The van der Waals surface area contributed by atoms with Crippen LogP contribution in [0, 0.1) is 0 Å². The highest BCUT2D eigenvalue weighted by Crippen LogP contribution is 2.46. The molecule has 0 amide bonds. The molecule has 0 radical (unpaired) electrons. The maximum Gasteiger partial charge on any atom is 0.0546 e. The van der Waals surface area contributed by atoms with E-state index in [1.54, 1.807) is 0 Å². The molecule has 0 fully saturated rings. The molecule has 0 bridgehead atoms. The Bertz CT molecular complexity index is 2590. The van der Waals surface area contributed by atoms with E-state index in [2.05, 4.69) is 217 Å². The fraction of sp³-hybridized carbons (Fsp3) is 0. The van der Waals surface area contributed by atoms with E-state index in [1.807, 2.05) is 0 Å². The summed E-state index contributed by atoms with van der Waals surface area (Å²) in [7, 11) is 0. The Hall–Kier alpha value is -6.70. The highest BCUT2D eigenvalue weighted by atomic mass is 15.1. The first-order chi connectivity index (χ1) is 25.3. The number of hydrogen-bond acceptors (Lipinski definition) is 1. The fourth-order valence-electron chi connectivity index (χ4n) is 7.32. The predicted molar refractivity (Wildman–Crippen MR) is 218 cm³/mol. The molecule has 240 valence electrons. The van der Waals surface area contributed by atoms with Crippen molar-refractivity contribution in [3.8, 4) is 44.5 Å². The summed E-state index contributed by atoms with van der Waals surface area (Å²) in [5, 5.41) is 4.90. The molecule has 9 rings (SSSR count). The minimum Gasteiger partial charge on any atom is -0.309 e. The van der Waals surface area contributed by atoms with Gasteiger partial charge in [0.2, 0.25) is 0 Å². The predicted octanol–water partition coefficient (Wildman–Crippen LogP) is 14.1. The lowest BCUT2D eigenvalue weighted by Gasteiger charge is -2.30. The van der Waals surface area contributed by atoms with E-state index in [4.69, 9.17) is 0 Å². The highest BCUT2D eigenvalue weighted by Gasteiger charge is 2.21. The number of fused-ring (bicyclic) bond motifs is 2. The molecule has 1 nitrogen and oxygen atoms in total. The molecule has 0 saturated heterocycles. The van der Waals surface area contributed by atoms with Gasteiger partial charge >= 0.3 is 0 Å². The first kappa shape index (κ1) is 30.4.